The van der Waals surface area contributed by atoms with Crippen LogP contribution in [0.1, 0.15) is 21.7 Å². The van der Waals surface area contributed by atoms with Gasteiger partial charge in [0.1, 0.15) is 0 Å². The second-order valence-corrected chi connectivity index (χ2v) is 6.85. The van der Waals surface area contributed by atoms with Gasteiger partial charge in [-0.15, -0.1) is 0 Å². The Kier molecular flexibility index (Phi) is 5.39. The first-order valence-corrected chi connectivity index (χ1v) is 9.45. The molecule has 150 valence electrons. The van der Waals surface area contributed by atoms with Crippen LogP contribution in [0.3, 0.4) is 0 Å². The molecule has 1 fully saturated rings. The predicted octanol–water partition coefficient (Wildman–Crippen LogP) is 2.65. The maximum Gasteiger partial charge on any atom is 0.276 e. The van der Waals surface area contributed by atoms with E-state index in [9.17, 15) is 4.79 Å². The molecule has 0 aliphatic carbocycles. The van der Waals surface area contributed by atoms with Crippen molar-refractivity contribution in [1.82, 2.24) is 20.2 Å². The van der Waals surface area contributed by atoms with E-state index in [1.807, 2.05) is 26.0 Å². The van der Waals surface area contributed by atoms with Crippen LogP contribution in [0.25, 0.3) is 0 Å². The number of nitrogens with zero attached hydrogens (tertiary/aromatic N) is 4. The van der Waals surface area contributed by atoms with E-state index in [0.717, 1.165) is 48.9 Å². The Bertz CT molecular complexity index is 994. The number of aryl methyl sites for hydroxylation is 1. The first kappa shape index (κ1) is 18.9. The summed E-state index contributed by atoms with van der Waals surface area (Å²) < 4.78 is 5.41. The van der Waals surface area contributed by atoms with Crippen LogP contribution in [0.5, 0.6) is 0 Å². The van der Waals surface area contributed by atoms with E-state index in [0.29, 0.717) is 17.3 Å². The number of aromatic amines is 1. The van der Waals surface area contributed by atoms with Crippen molar-refractivity contribution >= 4 is 28.9 Å². The van der Waals surface area contributed by atoms with Crippen molar-refractivity contribution in [2.75, 3.05) is 41.8 Å². The van der Waals surface area contributed by atoms with Crippen LogP contribution in [-0.2, 0) is 4.74 Å². The number of carbonyl (C=O) groups excluding carboxylic acids is 1. The number of rotatable bonds is 5. The molecule has 0 radical (unpaired) electrons. The molecule has 3 aromatic rings. The Morgan fingerprint density at radius 1 is 1.14 bits per heavy atom. The van der Waals surface area contributed by atoms with Crippen molar-refractivity contribution in [1.29, 1.82) is 0 Å². The van der Waals surface area contributed by atoms with Gasteiger partial charge in [-0.1, -0.05) is 6.07 Å². The largest absolute Gasteiger partial charge is 0.378 e. The summed E-state index contributed by atoms with van der Waals surface area (Å²) >= 11 is 0. The first-order valence-electron chi connectivity index (χ1n) is 9.45. The Balaban J connectivity index is 1.41. The van der Waals surface area contributed by atoms with Gasteiger partial charge < -0.3 is 20.3 Å². The SMILES string of the molecule is Cc1[nH]nc(C(=O)Nc2cnc(Nc3cccc(N4CCOCC4)c3)nc2)c1C. The summed E-state index contributed by atoms with van der Waals surface area (Å²) in [5.74, 6) is 0.156. The summed E-state index contributed by atoms with van der Waals surface area (Å²) in [7, 11) is 0. The van der Waals surface area contributed by atoms with Gasteiger partial charge in [-0.3, -0.25) is 9.89 Å². The fourth-order valence-electron chi connectivity index (χ4n) is 3.08. The zero-order chi connectivity index (χ0) is 20.2. The summed E-state index contributed by atoms with van der Waals surface area (Å²) in [6.45, 7) is 6.96. The molecule has 1 amide bonds. The van der Waals surface area contributed by atoms with Gasteiger partial charge in [-0.25, -0.2) is 9.97 Å². The highest BCUT2D eigenvalue weighted by molar-refractivity contribution is 6.03. The molecule has 0 spiro atoms. The molecule has 9 heteroatoms. The van der Waals surface area contributed by atoms with E-state index in [1.165, 1.54) is 0 Å². The van der Waals surface area contributed by atoms with Crippen LogP contribution in [0.2, 0.25) is 0 Å². The maximum atomic E-state index is 12.3. The fourth-order valence-corrected chi connectivity index (χ4v) is 3.08. The van der Waals surface area contributed by atoms with Crippen LogP contribution in [0.15, 0.2) is 36.7 Å². The standard InChI is InChI=1S/C20H23N7O2/c1-13-14(2)25-26-18(13)19(28)23-16-11-21-20(22-12-16)24-15-4-3-5-17(10-15)27-6-8-29-9-7-27/h3-5,10-12H,6-9H2,1-2H3,(H,23,28)(H,25,26)(H,21,22,24). The molecule has 9 nitrogen and oxygen atoms in total. The van der Waals surface area contributed by atoms with Crippen LogP contribution < -0.4 is 15.5 Å². The molecule has 1 aliphatic rings. The molecule has 4 rings (SSSR count). The van der Waals surface area contributed by atoms with E-state index in [2.05, 4.69) is 47.8 Å². The molecule has 3 heterocycles. The van der Waals surface area contributed by atoms with Gasteiger partial charge in [0.15, 0.2) is 5.69 Å². The van der Waals surface area contributed by atoms with Crippen LogP contribution in [0, 0.1) is 13.8 Å². The van der Waals surface area contributed by atoms with Crippen molar-refractivity contribution in [2.24, 2.45) is 0 Å². The third-order valence-corrected chi connectivity index (χ3v) is 4.86. The molecule has 0 bridgehead atoms. The summed E-state index contributed by atoms with van der Waals surface area (Å²) in [4.78, 5) is 23.2. The molecule has 3 N–H and O–H groups in total. The highest BCUT2D eigenvalue weighted by Crippen LogP contribution is 2.22. The second-order valence-electron chi connectivity index (χ2n) is 6.85. The van der Waals surface area contributed by atoms with Crippen LogP contribution >= 0.6 is 0 Å². The predicted molar refractivity (Wildman–Crippen MR) is 111 cm³/mol. The molecule has 2 aromatic heterocycles. The Hall–Kier alpha value is -3.46. The summed E-state index contributed by atoms with van der Waals surface area (Å²) in [6.07, 6.45) is 3.13. The van der Waals surface area contributed by atoms with E-state index in [4.69, 9.17) is 4.74 Å². The molecule has 1 aliphatic heterocycles. The van der Waals surface area contributed by atoms with Gasteiger partial charge in [0.25, 0.3) is 5.91 Å². The van der Waals surface area contributed by atoms with Gasteiger partial charge >= 0.3 is 0 Å². The number of aromatic nitrogens is 4. The van der Waals surface area contributed by atoms with Gasteiger partial charge in [0, 0.05) is 35.7 Å². The van der Waals surface area contributed by atoms with Crippen molar-refractivity contribution in [2.45, 2.75) is 13.8 Å². The van der Waals surface area contributed by atoms with Crippen molar-refractivity contribution in [3.05, 3.63) is 53.6 Å². The lowest BCUT2D eigenvalue weighted by atomic mass is 10.2. The fraction of sp³-hybridized carbons (Fsp3) is 0.300. The molecule has 1 saturated heterocycles. The summed E-state index contributed by atoms with van der Waals surface area (Å²) in [6, 6.07) is 8.10. The van der Waals surface area contributed by atoms with E-state index in [-0.39, 0.29) is 5.91 Å². The minimum absolute atomic E-state index is 0.297. The van der Waals surface area contributed by atoms with E-state index < -0.39 is 0 Å². The number of morpholine rings is 1. The lowest BCUT2D eigenvalue weighted by molar-refractivity contribution is 0.102. The number of nitrogens with one attached hydrogen (secondary N) is 3. The molecular formula is C20H23N7O2. The van der Waals surface area contributed by atoms with Gasteiger partial charge in [-0.2, -0.15) is 5.10 Å². The number of anilines is 4. The second kappa shape index (κ2) is 8.27. The molecule has 0 atom stereocenters. The average molecular weight is 393 g/mol. The number of hydrogen-bond donors (Lipinski definition) is 3. The summed E-state index contributed by atoms with van der Waals surface area (Å²) in [5.41, 5.74) is 4.58. The van der Waals surface area contributed by atoms with Gasteiger partial charge in [0.2, 0.25) is 5.95 Å². The van der Waals surface area contributed by atoms with Crippen molar-refractivity contribution in [3.8, 4) is 0 Å². The number of carbonyl (C=O) groups is 1. The number of hydrogen-bond acceptors (Lipinski definition) is 7. The highest BCUT2D eigenvalue weighted by Gasteiger charge is 2.15. The number of ether oxygens (including phenoxy) is 1. The lowest BCUT2D eigenvalue weighted by Gasteiger charge is -2.29. The topological polar surface area (TPSA) is 108 Å². The smallest absolute Gasteiger partial charge is 0.276 e. The minimum atomic E-state index is -0.297. The lowest BCUT2D eigenvalue weighted by Crippen LogP contribution is -2.36. The van der Waals surface area contributed by atoms with Gasteiger partial charge in [-0.05, 0) is 32.0 Å². The molecule has 29 heavy (non-hydrogen) atoms. The number of H-pyrrole nitrogens is 1. The Morgan fingerprint density at radius 2 is 1.90 bits per heavy atom. The third-order valence-electron chi connectivity index (χ3n) is 4.86. The molecule has 0 saturated carbocycles. The maximum absolute atomic E-state index is 12.3. The highest BCUT2D eigenvalue weighted by atomic mass is 16.5. The molecule has 1 aromatic carbocycles. The number of benzene rings is 1. The van der Waals surface area contributed by atoms with E-state index in [1.54, 1.807) is 12.4 Å². The number of amides is 1. The minimum Gasteiger partial charge on any atom is -0.378 e. The average Bonchev–Trinajstić information content (AvgIpc) is 3.09. The Labute approximate surface area is 168 Å². The van der Waals surface area contributed by atoms with Crippen molar-refractivity contribution < 1.29 is 9.53 Å². The normalized spacial score (nSPS) is 13.9. The quantitative estimate of drug-likeness (QED) is 0.611. The monoisotopic (exact) mass is 393 g/mol. The third kappa shape index (κ3) is 4.35. The van der Waals surface area contributed by atoms with Crippen LogP contribution in [-0.4, -0.2) is 52.4 Å². The first-order chi connectivity index (χ1) is 14.1. The Morgan fingerprint density at radius 3 is 2.59 bits per heavy atom. The zero-order valence-electron chi connectivity index (χ0n) is 16.4. The van der Waals surface area contributed by atoms with E-state index >= 15 is 0 Å². The molecular weight excluding hydrogens is 370 g/mol. The zero-order valence-corrected chi connectivity index (χ0v) is 16.4. The van der Waals surface area contributed by atoms with Gasteiger partial charge in [0.05, 0.1) is 31.3 Å². The van der Waals surface area contributed by atoms with Crippen molar-refractivity contribution in [3.63, 3.8) is 0 Å². The van der Waals surface area contributed by atoms with Crippen LogP contribution in [0.4, 0.5) is 23.0 Å². The molecule has 0 unspecified atom stereocenters. The summed E-state index contributed by atoms with van der Waals surface area (Å²) in [5, 5.41) is 12.8.